The number of methoxy groups -OCH3 is 3. The number of anilines is 1. The molecule has 12 heteroatoms. The van der Waals surface area contributed by atoms with E-state index in [2.05, 4.69) is 20.3 Å². The highest BCUT2D eigenvalue weighted by Gasteiger charge is 2.48. The molecule has 4 aromatic carbocycles. The molecular weight excluding hydrogens is 650 g/mol. The lowest BCUT2D eigenvalue weighted by Gasteiger charge is -2.37. The molecule has 3 unspecified atom stereocenters. The Balaban J connectivity index is 1.22. The molecule has 4 atom stereocenters. The maximum absolute atomic E-state index is 12.9. The fourth-order valence-corrected chi connectivity index (χ4v) is 6.52. The monoisotopic (exact) mass is 687 g/mol. The first-order chi connectivity index (χ1) is 25.0. The average Bonchev–Trinajstić information content (AvgIpc) is 3.77. The molecule has 0 aliphatic carbocycles. The Kier molecular flexibility index (Phi) is 9.73. The van der Waals surface area contributed by atoms with E-state index in [-0.39, 0.29) is 18.3 Å². The highest BCUT2D eigenvalue weighted by atomic mass is 16.6. The Morgan fingerprint density at radius 1 is 0.804 bits per heavy atom. The first kappa shape index (κ1) is 33.8. The third-order valence-corrected chi connectivity index (χ3v) is 9.12. The van der Waals surface area contributed by atoms with Crippen LogP contribution in [0.2, 0.25) is 0 Å². The Hall–Kier alpha value is -5.66. The second-order valence-electron chi connectivity index (χ2n) is 11.9. The number of aliphatic hydroxyl groups excluding tert-OH is 1. The minimum atomic E-state index is -1.12. The van der Waals surface area contributed by atoms with Crippen molar-refractivity contribution in [2.45, 2.75) is 30.1 Å². The zero-order valence-electron chi connectivity index (χ0n) is 28.2. The molecule has 0 saturated carbocycles. The minimum absolute atomic E-state index is 0.0233. The molecule has 1 aliphatic rings. The lowest BCUT2D eigenvalue weighted by atomic mass is 9.80. The van der Waals surface area contributed by atoms with Gasteiger partial charge in [0.2, 0.25) is 0 Å². The summed E-state index contributed by atoms with van der Waals surface area (Å²) in [6.07, 6.45) is -0.668. The van der Waals surface area contributed by atoms with Gasteiger partial charge >= 0.3 is 0 Å². The molecule has 0 bridgehead atoms. The fourth-order valence-electron chi connectivity index (χ4n) is 6.52. The van der Waals surface area contributed by atoms with Crippen molar-refractivity contribution in [2.75, 3.05) is 33.3 Å². The van der Waals surface area contributed by atoms with Crippen molar-refractivity contribution >= 4 is 22.9 Å². The van der Waals surface area contributed by atoms with Crippen molar-refractivity contribution in [3.8, 4) is 11.5 Å². The number of aliphatic hydroxyl groups is 1. The molecule has 1 amide bonds. The Labute approximate surface area is 294 Å². The molecular formula is C39H37N5O7. The van der Waals surface area contributed by atoms with Crippen LogP contribution in [-0.4, -0.2) is 76.8 Å². The average molecular weight is 688 g/mol. The van der Waals surface area contributed by atoms with Gasteiger partial charge in [-0.3, -0.25) is 9.36 Å². The molecule has 2 N–H and O–H groups in total. The molecule has 12 nitrogen and oxygen atoms in total. The first-order valence-electron chi connectivity index (χ1n) is 16.4. The maximum Gasteiger partial charge on any atom is 0.256 e. The second kappa shape index (κ2) is 14.7. The lowest BCUT2D eigenvalue weighted by molar-refractivity contribution is -0.0948. The summed E-state index contributed by atoms with van der Waals surface area (Å²) in [5.74, 6) is 1.32. The van der Waals surface area contributed by atoms with E-state index in [9.17, 15) is 9.90 Å². The van der Waals surface area contributed by atoms with Gasteiger partial charge in [0.1, 0.15) is 41.7 Å². The topological polar surface area (TPSA) is 139 Å². The predicted molar refractivity (Wildman–Crippen MR) is 189 cm³/mol. The van der Waals surface area contributed by atoms with Gasteiger partial charge in [0, 0.05) is 12.7 Å². The summed E-state index contributed by atoms with van der Waals surface area (Å²) in [7, 11) is 4.76. The summed E-state index contributed by atoms with van der Waals surface area (Å²) in [4.78, 5) is 26.2. The van der Waals surface area contributed by atoms with Crippen LogP contribution in [0.3, 0.4) is 0 Å². The van der Waals surface area contributed by atoms with Crippen molar-refractivity contribution in [1.29, 1.82) is 0 Å². The second-order valence-corrected chi connectivity index (χ2v) is 11.9. The molecule has 2 aromatic heterocycles. The van der Waals surface area contributed by atoms with Gasteiger partial charge in [0.25, 0.3) is 5.91 Å². The van der Waals surface area contributed by atoms with Crippen LogP contribution in [0.25, 0.3) is 11.2 Å². The Bertz CT molecular complexity index is 2030. The van der Waals surface area contributed by atoms with Gasteiger partial charge in [-0.05, 0) is 53.1 Å². The summed E-state index contributed by atoms with van der Waals surface area (Å²) >= 11 is 0. The quantitative estimate of drug-likeness (QED) is 0.161. The van der Waals surface area contributed by atoms with Crippen LogP contribution in [0.15, 0.2) is 122 Å². The predicted octanol–water partition coefficient (Wildman–Crippen LogP) is 5.38. The van der Waals surface area contributed by atoms with E-state index >= 15 is 0 Å². The molecule has 1 fully saturated rings. The van der Waals surface area contributed by atoms with E-state index in [1.165, 1.54) is 19.8 Å². The van der Waals surface area contributed by atoms with Crippen molar-refractivity contribution in [3.63, 3.8) is 0 Å². The molecule has 0 spiro atoms. The van der Waals surface area contributed by atoms with Gasteiger partial charge < -0.3 is 34.1 Å². The highest BCUT2D eigenvalue weighted by molar-refractivity contribution is 6.06. The van der Waals surface area contributed by atoms with Crippen LogP contribution in [0, 0.1) is 0 Å². The molecule has 7 rings (SSSR count). The molecule has 1 saturated heterocycles. The van der Waals surface area contributed by atoms with Crippen molar-refractivity contribution in [2.24, 2.45) is 0 Å². The summed E-state index contributed by atoms with van der Waals surface area (Å²) in [6, 6.07) is 34.1. The van der Waals surface area contributed by atoms with E-state index in [0.29, 0.717) is 28.2 Å². The van der Waals surface area contributed by atoms with Crippen LogP contribution in [0.4, 0.5) is 5.82 Å². The van der Waals surface area contributed by atoms with E-state index in [1.807, 2.05) is 84.9 Å². The zero-order chi connectivity index (χ0) is 35.4. The Morgan fingerprint density at radius 2 is 1.39 bits per heavy atom. The van der Waals surface area contributed by atoms with Crippen LogP contribution >= 0.6 is 0 Å². The number of nitrogens with one attached hydrogen (secondary N) is 1. The van der Waals surface area contributed by atoms with Crippen LogP contribution < -0.4 is 14.8 Å². The number of hydrogen-bond donors (Lipinski definition) is 2. The largest absolute Gasteiger partial charge is 0.497 e. The fraction of sp³-hybridized carbons (Fsp3) is 0.231. The van der Waals surface area contributed by atoms with Gasteiger partial charge in [0.15, 0.2) is 23.2 Å². The van der Waals surface area contributed by atoms with Gasteiger partial charge in [-0.25, -0.2) is 15.0 Å². The van der Waals surface area contributed by atoms with Gasteiger partial charge in [-0.15, -0.1) is 0 Å². The number of nitrogens with zero attached hydrogens (tertiary/aromatic N) is 4. The minimum Gasteiger partial charge on any atom is -0.497 e. The number of carbonyl (C=O) groups excluding carboxylic acids is 1. The van der Waals surface area contributed by atoms with Gasteiger partial charge in [-0.2, -0.15) is 0 Å². The molecule has 0 radical (unpaired) electrons. The number of imidazole rings is 1. The highest BCUT2D eigenvalue weighted by Crippen LogP contribution is 2.43. The lowest BCUT2D eigenvalue weighted by Crippen LogP contribution is -2.40. The van der Waals surface area contributed by atoms with Crippen LogP contribution in [0.5, 0.6) is 11.5 Å². The van der Waals surface area contributed by atoms with Crippen molar-refractivity contribution in [1.82, 2.24) is 19.5 Å². The van der Waals surface area contributed by atoms with E-state index < -0.39 is 30.1 Å². The molecule has 260 valence electrons. The van der Waals surface area contributed by atoms with Crippen molar-refractivity contribution in [3.05, 3.63) is 144 Å². The molecule has 51 heavy (non-hydrogen) atoms. The number of fused-ring (bicyclic) bond motifs is 1. The summed E-state index contributed by atoms with van der Waals surface area (Å²) < 4.78 is 32.0. The maximum atomic E-state index is 12.9. The summed E-state index contributed by atoms with van der Waals surface area (Å²) in [6.45, 7) is -0.0233. The number of amides is 1. The standard InChI is InChI=1S/C39H37N5O7/c1-47-29-18-14-27(15-19-29)39(26-12-8-5-9-13-26,28-16-20-30(48-2)21-17-28)50-22-31-33(45)34(49-3)38(51-31)44-24-42-32-35(40-23-41-36(32)44)43-37(46)25-10-6-4-7-11-25/h4-21,23-24,31,33-34,38,45H,22H2,1-3H3,(H,40,41,43,46)/t31?,33?,34-,38?/m0/s1. The van der Waals surface area contributed by atoms with E-state index in [0.717, 1.165) is 16.7 Å². The number of ether oxygens (including phenoxy) is 5. The van der Waals surface area contributed by atoms with Crippen LogP contribution in [-0.2, 0) is 19.8 Å². The third kappa shape index (κ3) is 6.41. The third-order valence-electron chi connectivity index (χ3n) is 9.12. The molecule has 1 aliphatic heterocycles. The summed E-state index contributed by atoms with van der Waals surface area (Å²) in [5, 5.41) is 14.5. The molecule has 3 heterocycles. The first-order valence-corrected chi connectivity index (χ1v) is 16.4. The number of hydrogen-bond acceptors (Lipinski definition) is 10. The number of carbonyl (C=O) groups is 1. The smallest absolute Gasteiger partial charge is 0.256 e. The SMILES string of the molecule is COc1ccc(C(OCC2OC(n3cnc4c(NC(=O)c5ccccc5)ncnc43)[C@@H](OC)C2O)(c2ccccc2)c2ccc(OC)cc2)cc1. The Morgan fingerprint density at radius 3 is 1.98 bits per heavy atom. The number of benzene rings is 4. The number of rotatable bonds is 12. The number of aromatic nitrogens is 4. The zero-order valence-corrected chi connectivity index (χ0v) is 28.2. The van der Waals surface area contributed by atoms with Gasteiger partial charge in [-0.1, -0.05) is 72.8 Å². The summed E-state index contributed by atoms with van der Waals surface area (Å²) in [5.41, 5.74) is 2.66. The van der Waals surface area contributed by atoms with Gasteiger partial charge in [0.05, 0.1) is 27.2 Å². The molecule has 6 aromatic rings. The van der Waals surface area contributed by atoms with E-state index in [4.69, 9.17) is 23.7 Å². The normalized spacial score (nSPS) is 18.8. The van der Waals surface area contributed by atoms with Crippen LogP contribution in [0.1, 0.15) is 33.3 Å². The van der Waals surface area contributed by atoms with E-state index in [1.54, 1.807) is 43.1 Å². The van der Waals surface area contributed by atoms with Crippen molar-refractivity contribution < 1.29 is 33.6 Å².